The number of nitrogens with one attached hydrogen (secondary N) is 2. The number of aromatic nitrogens is 2. The van der Waals surface area contributed by atoms with Crippen LogP contribution in [0.3, 0.4) is 0 Å². The highest BCUT2D eigenvalue weighted by Gasteiger charge is 2.16. The van der Waals surface area contributed by atoms with E-state index in [9.17, 15) is 17.2 Å². The SMILES string of the molecule is Cc1nc(CCNc2ccc(S(=O)(=O)Nc3ccc(F)c(F)c3)cn2)cs1. The minimum atomic E-state index is -3.96. The van der Waals surface area contributed by atoms with Gasteiger partial charge in [-0.15, -0.1) is 11.3 Å². The van der Waals surface area contributed by atoms with Crippen molar-refractivity contribution >= 4 is 32.9 Å². The van der Waals surface area contributed by atoms with Crippen molar-refractivity contribution in [3.05, 3.63) is 64.2 Å². The second kappa shape index (κ2) is 7.97. The molecular weight excluding hydrogens is 394 g/mol. The molecule has 0 bridgehead atoms. The molecule has 0 atom stereocenters. The summed E-state index contributed by atoms with van der Waals surface area (Å²) >= 11 is 1.59. The molecule has 0 amide bonds. The largest absolute Gasteiger partial charge is 0.370 e. The van der Waals surface area contributed by atoms with Crippen LogP contribution < -0.4 is 10.0 Å². The van der Waals surface area contributed by atoms with Crippen LogP contribution in [0.1, 0.15) is 10.7 Å². The maximum Gasteiger partial charge on any atom is 0.263 e. The number of halogens is 2. The van der Waals surface area contributed by atoms with E-state index in [4.69, 9.17) is 0 Å². The van der Waals surface area contributed by atoms with E-state index in [1.807, 2.05) is 12.3 Å². The molecule has 0 aliphatic rings. The van der Waals surface area contributed by atoms with Crippen LogP contribution in [-0.2, 0) is 16.4 Å². The third-order valence-electron chi connectivity index (χ3n) is 3.57. The van der Waals surface area contributed by atoms with Gasteiger partial charge in [0.05, 0.1) is 16.4 Å². The first-order valence-corrected chi connectivity index (χ1v) is 10.3. The normalized spacial score (nSPS) is 11.4. The van der Waals surface area contributed by atoms with Crippen LogP contribution in [0.2, 0.25) is 0 Å². The number of rotatable bonds is 7. The molecule has 2 N–H and O–H groups in total. The molecule has 10 heteroatoms. The Kier molecular flexibility index (Phi) is 5.66. The van der Waals surface area contributed by atoms with Crippen LogP contribution >= 0.6 is 11.3 Å². The fourth-order valence-electron chi connectivity index (χ4n) is 2.26. The van der Waals surface area contributed by atoms with Gasteiger partial charge in [-0.1, -0.05) is 0 Å². The van der Waals surface area contributed by atoms with E-state index in [-0.39, 0.29) is 10.6 Å². The highest BCUT2D eigenvalue weighted by molar-refractivity contribution is 7.92. The summed E-state index contributed by atoms with van der Waals surface area (Å²) in [5.41, 5.74) is 0.912. The lowest BCUT2D eigenvalue weighted by Gasteiger charge is -2.09. The second-order valence-corrected chi connectivity index (χ2v) is 8.39. The molecule has 0 fully saturated rings. The van der Waals surface area contributed by atoms with Crippen LogP contribution in [0, 0.1) is 18.6 Å². The lowest BCUT2D eigenvalue weighted by atomic mass is 10.3. The number of anilines is 2. The molecule has 3 aromatic rings. The number of pyridine rings is 1. The van der Waals surface area contributed by atoms with E-state index in [1.54, 1.807) is 11.3 Å². The predicted molar refractivity (Wildman–Crippen MR) is 100 cm³/mol. The molecule has 0 unspecified atom stereocenters. The Labute approximate surface area is 159 Å². The van der Waals surface area contributed by atoms with E-state index < -0.39 is 21.7 Å². The highest BCUT2D eigenvalue weighted by Crippen LogP contribution is 2.19. The summed E-state index contributed by atoms with van der Waals surface area (Å²) < 4.78 is 53.0. The monoisotopic (exact) mass is 410 g/mol. The van der Waals surface area contributed by atoms with Gasteiger partial charge < -0.3 is 5.32 Å². The Morgan fingerprint density at radius 2 is 1.96 bits per heavy atom. The third kappa shape index (κ3) is 4.98. The van der Waals surface area contributed by atoms with Gasteiger partial charge in [-0.25, -0.2) is 27.2 Å². The molecule has 3 rings (SSSR count). The molecule has 27 heavy (non-hydrogen) atoms. The van der Waals surface area contributed by atoms with Crippen molar-refractivity contribution in [2.75, 3.05) is 16.6 Å². The van der Waals surface area contributed by atoms with E-state index >= 15 is 0 Å². The summed E-state index contributed by atoms with van der Waals surface area (Å²) in [6.07, 6.45) is 1.92. The maximum absolute atomic E-state index is 13.2. The van der Waals surface area contributed by atoms with Crippen molar-refractivity contribution in [1.29, 1.82) is 0 Å². The molecule has 1 aromatic carbocycles. The van der Waals surface area contributed by atoms with Gasteiger partial charge in [-0.3, -0.25) is 4.72 Å². The first-order chi connectivity index (χ1) is 12.8. The quantitative estimate of drug-likeness (QED) is 0.622. The summed E-state index contributed by atoms with van der Waals surface area (Å²) in [6.45, 7) is 2.55. The fraction of sp³-hybridized carbons (Fsp3) is 0.176. The van der Waals surface area contributed by atoms with E-state index in [0.29, 0.717) is 12.4 Å². The van der Waals surface area contributed by atoms with Gasteiger partial charge in [0.25, 0.3) is 10.0 Å². The second-order valence-electron chi connectivity index (χ2n) is 5.65. The van der Waals surface area contributed by atoms with Crippen LogP contribution in [0.4, 0.5) is 20.3 Å². The molecular formula is C17H16F2N4O2S2. The number of nitrogens with zero attached hydrogens (tertiary/aromatic N) is 2. The smallest absolute Gasteiger partial charge is 0.263 e. The van der Waals surface area contributed by atoms with Gasteiger partial charge >= 0.3 is 0 Å². The molecule has 2 heterocycles. The number of sulfonamides is 1. The summed E-state index contributed by atoms with van der Waals surface area (Å²) in [4.78, 5) is 8.34. The first kappa shape index (κ1) is 19.2. The van der Waals surface area contributed by atoms with Crippen LogP contribution in [0.15, 0.2) is 46.8 Å². The Morgan fingerprint density at radius 3 is 2.59 bits per heavy atom. The summed E-state index contributed by atoms with van der Waals surface area (Å²) in [5.74, 6) is -1.67. The van der Waals surface area contributed by atoms with Crippen LogP contribution in [-0.4, -0.2) is 24.9 Å². The van der Waals surface area contributed by atoms with Crippen LogP contribution in [0.5, 0.6) is 0 Å². The lowest BCUT2D eigenvalue weighted by molar-refractivity contribution is 0.509. The lowest BCUT2D eigenvalue weighted by Crippen LogP contribution is -2.14. The molecule has 0 saturated heterocycles. The molecule has 0 radical (unpaired) electrons. The zero-order valence-electron chi connectivity index (χ0n) is 14.2. The van der Waals surface area contributed by atoms with Crippen molar-refractivity contribution < 1.29 is 17.2 Å². The fourth-order valence-corrected chi connectivity index (χ4v) is 3.90. The molecule has 142 valence electrons. The minimum Gasteiger partial charge on any atom is -0.370 e. The average Bonchev–Trinajstić information content (AvgIpc) is 3.04. The molecule has 2 aromatic heterocycles. The van der Waals surface area contributed by atoms with Crippen molar-refractivity contribution in [1.82, 2.24) is 9.97 Å². The maximum atomic E-state index is 13.2. The summed E-state index contributed by atoms with van der Waals surface area (Å²) in [7, 11) is -3.96. The Balaban J connectivity index is 1.62. The van der Waals surface area contributed by atoms with Gasteiger partial charge in [0, 0.05) is 30.6 Å². The summed E-state index contributed by atoms with van der Waals surface area (Å²) in [6, 6.07) is 5.68. The van der Waals surface area contributed by atoms with Gasteiger partial charge in [0.2, 0.25) is 0 Å². The molecule has 0 aliphatic heterocycles. The first-order valence-electron chi connectivity index (χ1n) is 7.92. The van der Waals surface area contributed by atoms with Crippen molar-refractivity contribution in [3.8, 4) is 0 Å². The standard InChI is InChI=1S/C17H16F2N4O2S2/c1-11-22-13(10-26-11)6-7-20-17-5-3-14(9-21-17)27(24,25)23-12-2-4-15(18)16(19)8-12/h2-5,8-10,23H,6-7H2,1H3,(H,20,21). The van der Waals surface area contributed by atoms with Crippen molar-refractivity contribution in [3.63, 3.8) is 0 Å². The highest BCUT2D eigenvalue weighted by atomic mass is 32.2. The molecule has 0 aliphatic carbocycles. The average molecular weight is 410 g/mol. The van der Waals surface area contributed by atoms with Gasteiger partial charge in [0.1, 0.15) is 10.7 Å². The van der Waals surface area contributed by atoms with E-state index in [1.165, 1.54) is 18.3 Å². The Morgan fingerprint density at radius 1 is 1.15 bits per heavy atom. The number of hydrogen-bond donors (Lipinski definition) is 2. The molecule has 0 spiro atoms. The molecule has 0 saturated carbocycles. The number of benzene rings is 1. The Bertz CT molecular complexity index is 1040. The topological polar surface area (TPSA) is 84.0 Å². The van der Waals surface area contributed by atoms with Crippen molar-refractivity contribution in [2.24, 2.45) is 0 Å². The zero-order chi connectivity index (χ0) is 19.4. The van der Waals surface area contributed by atoms with E-state index in [2.05, 4.69) is 20.0 Å². The number of thiazole rings is 1. The van der Waals surface area contributed by atoms with Crippen molar-refractivity contribution in [2.45, 2.75) is 18.2 Å². The van der Waals surface area contributed by atoms with Crippen LogP contribution in [0.25, 0.3) is 0 Å². The molecule has 6 nitrogen and oxygen atoms in total. The Hall–Kier alpha value is -2.59. The summed E-state index contributed by atoms with van der Waals surface area (Å²) in [5, 5.41) is 6.09. The third-order valence-corrected chi connectivity index (χ3v) is 5.76. The van der Waals surface area contributed by atoms with Gasteiger partial charge in [-0.2, -0.15) is 0 Å². The number of aryl methyl sites for hydroxylation is 1. The van der Waals surface area contributed by atoms with Gasteiger partial charge in [-0.05, 0) is 31.2 Å². The van der Waals surface area contributed by atoms with Gasteiger partial charge in [0.15, 0.2) is 11.6 Å². The minimum absolute atomic E-state index is 0.0744. The number of hydrogen-bond acceptors (Lipinski definition) is 6. The van der Waals surface area contributed by atoms with E-state index in [0.717, 1.165) is 35.3 Å². The zero-order valence-corrected chi connectivity index (χ0v) is 15.9. The predicted octanol–water partition coefficient (Wildman–Crippen LogP) is 3.58.